The first-order chi connectivity index (χ1) is 9.72. The van der Waals surface area contributed by atoms with E-state index in [-0.39, 0.29) is 11.9 Å². The van der Waals surface area contributed by atoms with Gasteiger partial charge in [0.2, 0.25) is 11.9 Å². The summed E-state index contributed by atoms with van der Waals surface area (Å²) < 4.78 is 0. The first-order valence-corrected chi connectivity index (χ1v) is 6.79. The number of aromatic nitrogens is 3. The number of benzene rings is 1. The molecule has 6 nitrogen and oxygen atoms in total. The molecule has 1 fully saturated rings. The fourth-order valence-electron chi connectivity index (χ4n) is 2.64. The van der Waals surface area contributed by atoms with E-state index in [1.807, 2.05) is 6.07 Å². The maximum absolute atomic E-state index is 5.63. The number of hydrogen-bond acceptors (Lipinski definition) is 6. The zero-order valence-corrected chi connectivity index (χ0v) is 11.2. The quantitative estimate of drug-likeness (QED) is 0.857. The number of para-hydroxylation sites is 1. The van der Waals surface area contributed by atoms with E-state index in [4.69, 9.17) is 11.5 Å². The molecule has 104 valence electrons. The Morgan fingerprint density at radius 3 is 2.10 bits per heavy atom. The van der Waals surface area contributed by atoms with Gasteiger partial charge in [0.1, 0.15) is 5.82 Å². The van der Waals surface area contributed by atoms with Crippen LogP contribution in [-0.2, 0) is 0 Å². The molecule has 1 aromatic heterocycles. The number of nitrogen functional groups attached to an aromatic ring is 2. The number of anilines is 3. The van der Waals surface area contributed by atoms with Gasteiger partial charge in [0.05, 0.1) is 0 Å². The van der Waals surface area contributed by atoms with Gasteiger partial charge in [-0.25, -0.2) is 0 Å². The molecule has 6 heteroatoms. The molecule has 0 atom stereocenters. The van der Waals surface area contributed by atoms with Crippen molar-refractivity contribution in [3.8, 4) is 0 Å². The average molecular weight is 270 g/mol. The Balaban J connectivity index is 1.69. The van der Waals surface area contributed by atoms with Gasteiger partial charge in [0, 0.05) is 24.7 Å². The molecule has 3 rings (SSSR count). The van der Waals surface area contributed by atoms with E-state index in [2.05, 4.69) is 44.1 Å². The molecule has 1 saturated heterocycles. The van der Waals surface area contributed by atoms with Gasteiger partial charge >= 0.3 is 0 Å². The van der Waals surface area contributed by atoms with Crippen molar-refractivity contribution >= 4 is 17.6 Å². The summed E-state index contributed by atoms with van der Waals surface area (Å²) in [6.45, 7) is 1.97. The molecule has 0 spiro atoms. The van der Waals surface area contributed by atoms with Crippen molar-refractivity contribution in [1.82, 2.24) is 15.0 Å². The topological polar surface area (TPSA) is 93.9 Å². The Hall–Kier alpha value is -2.37. The summed E-state index contributed by atoms with van der Waals surface area (Å²) in [7, 11) is 0. The van der Waals surface area contributed by atoms with Gasteiger partial charge in [0.25, 0.3) is 0 Å². The summed E-state index contributed by atoms with van der Waals surface area (Å²) in [6.07, 6.45) is 2.00. The Morgan fingerprint density at radius 2 is 1.50 bits per heavy atom. The highest BCUT2D eigenvalue weighted by molar-refractivity contribution is 5.46. The molecule has 0 aliphatic carbocycles. The van der Waals surface area contributed by atoms with E-state index < -0.39 is 0 Å². The van der Waals surface area contributed by atoms with Gasteiger partial charge in [-0.1, -0.05) is 18.2 Å². The van der Waals surface area contributed by atoms with Gasteiger partial charge in [0.15, 0.2) is 0 Å². The minimum absolute atomic E-state index is 0.206. The maximum atomic E-state index is 5.63. The second kappa shape index (κ2) is 5.32. The highest BCUT2D eigenvalue weighted by atomic mass is 15.2. The summed E-state index contributed by atoms with van der Waals surface area (Å²) in [4.78, 5) is 14.6. The molecule has 20 heavy (non-hydrogen) atoms. The summed E-state index contributed by atoms with van der Waals surface area (Å²) in [6, 6.07) is 10.4. The Bertz CT molecular complexity index is 557. The molecule has 0 amide bonds. The third-order valence-electron chi connectivity index (χ3n) is 3.67. The van der Waals surface area contributed by atoms with Crippen LogP contribution in [0.15, 0.2) is 30.3 Å². The third-order valence-corrected chi connectivity index (χ3v) is 3.67. The zero-order valence-electron chi connectivity index (χ0n) is 11.2. The largest absolute Gasteiger partial charge is 0.371 e. The third kappa shape index (κ3) is 2.64. The monoisotopic (exact) mass is 270 g/mol. The molecule has 0 bridgehead atoms. The molecule has 2 heterocycles. The van der Waals surface area contributed by atoms with Crippen molar-refractivity contribution in [1.29, 1.82) is 0 Å². The smallest absolute Gasteiger partial charge is 0.225 e. The Kier molecular flexibility index (Phi) is 3.37. The Labute approximate surface area is 117 Å². The lowest BCUT2D eigenvalue weighted by Crippen LogP contribution is -2.33. The minimum atomic E-state index is 0.206. The number of nitrogens with two attached hydrogens (primary N) is 2. The van der Waals surface area contributed by atoms with Crippen LogP contribution in [0.4, 0.5) is 17.6 Å². The molecule has 0 saturated carbocycles. The summed E-state index contributed by atoms with van der Waals surface area (Å²) >= 11 is 0. The number of rotatable bonds is 2. The standard InChI is InChI=1S/C14H18N6/c15-13-17-12(18-14(16)19-13)10-6-8-20(9-7-10)11-4-2-1-3-5-11/h1-5,10H,6-9H2,(H4,15,16,17,18,19). The van der Waals surface area contributed by atoms with Crippen molar-refractivity contribution in [3.05, 3.63) is 36.2 Å². The molecule has 4 N–H and O–H groups in total. The lowest BCUT2D eigenvalue weighted by molar-refractivity contribution is 0.485. The molecule has 2 aromatic rings. The fourth-order valence-corrected chi connectivity index (χ4v) is 2.64. The van der Waals surface area contributed by atoms with Gasteiger partial charge < -0.3 is 16.4 Å². The van der Waals surface area contributed by atoms with Crippen LogP contribution in [0.3, 0.4) is 0 Å². The predicted molar refractivity (Wildman–Crippen MR) is 79.3 cm³/mol. The van der Waals surface area contributed by atoms with Crippen LogP contribution in [0.1, 0.15) is 24.6 Å². The molecular formula is C14H18N6. The highest BCUT2D eigenvalue weighted by Gasteiger charge is 2.23. The fraction of sp³-hybridized carbons (Fsp3) is 0.357. The molecule has 0 unspecified atom stereocenters. The predicted octanol–water partition coefficient (Wildman–Crippen LogP) is 1.42. The van der Waals surface area contributed by atoms with E-state index >= 15 is 0 Å². The molecule has 1 aliphatic heterocycles. The van der Waals surface area contributed by atoms with Gasteiger partial charge in [-0.3, -0.25) is 0 Å². The summed E-state index contributed by atoms with van der Waals surface area (Å²) in [5.74, 6) is 1.45. The SMILES string of the molecule is Nc1nc(N)nc(C2CCN(c3ccccc3)CC2)n1. The van der Waals surface area contributed by atoms with E-state index in [1.54, 1.807) is 0 Å². The van der Waals surface area contributed by atoms with Crippen LogP contribution < -0.4 is 16.4 Å². The van der Waals surface area contributed by atoms with Crippen molar-refractivity contribution in [2.75, 3.05) is 29.5 Å². The van der Waals surface area contributed by atoms with E-state index in [0.29, 0.717) is 5.92 Å². The lowest BCUT2D eigenvalue weighted by atomic mass is 9.95. The number of piperidine rings is 1. The summed E-state index contributed by atoms with van der Waals surface area (Å²) in [5, 5.41) is 0. The van der Waals surface area contributed by atoms with Crippen LogP contribution in [0.25, 0.3) is 0 Å². The van der Waals surface area contributed by atoms with E-state index in [9.17, 15) is 0 Å². The normalized spacial score (nSPS) is 16.3. The van der Waals surface area contributed by atoms with Crippen molar-refractivity contribution in [3.63, 3.8) is 0 Å². The van der Waals surface area contributed by atoms with Crippen molar-refractivity contribution in [2.24, 2.45) is 0 Å². The van der Waals surface area contributed by atoms with Crippen LogP contribution in [0, 0.1) is 0 Å². The van der Waals surface area contributed by atoms with Crippen molar-refractivity contribution < 1.29 is 0 Å². The minimum Gasteiger partial charge on any atom is -0.371 e. The van der Waals surface area contributed by atoms with Crippen LogP contribution in [-0.4, -0.2) is 28.0 Å². The average Bonchev–Trinajstić information content (AvgIpc) is 2.47. The molecule has 1 aliphatic rings. The first-order valence-electron chi connectivity index (χ1n) is 6.79. The van der Waals surface area contributed by atoms with E-state index in [0.717, 1.165) is 31.8 Å². The maximum Gasteiger partial charge on any atom is 0.225 e. The summed E-state index contributed by atoms with van der Waals surface area (Å²) in [5.41, 5.74) is 12.5. The number of nitrogens with zero attached hydrogens (tertiary/aromatic N) is 4. The lowest BCUT2D eigenvalue weighted by Gasteiger charge is -2.33. The van der Waals surface area contributed by atoms with Gasteiger partial charge in [-0.2, -0.15) is 15.0 Å². The number of hydrogen-bond donors (Lipinski definition) is 2. The van der Waals surface area contributed by atoms with Crippen LogP contribution in [0.2, 0.25) is 0 Å². The van der Waals surface area contributed by atoms with Crippen molar-refractivity contribution in [2.45, 2.75) is 18.8 Å². The highest BCUT2D eigenvalue weighted by Crippen LogP contribution is 2.28. The van der Waals surface area contributed by atoms with Gasteiger partial charge in [-0.15, -0.1) is 0 Å². The van der Waals surface area contributed by atoms with Crippen LogP contribution in [0.5, 0.6) is 0 Å². The second-order valence-electron chi connectivity index (χ2n) is 5.01. The molecule has 1 aromatic carbocycles. The zero-order chi connectivity index (χ0) is 13.9. The second-order valence-corrected chi connectivity index (χ2v) is 5.01. The van der Waals surface area contributed by atoms with E-state index in [1.165, 1.54) is 5.69 Å². The van der Waals surface area contributed by atoms with Gasteiger partial charge in [-0.05, 0) is 25.0 Å². The molecular weight excluding hydrogens is 252 g/mol. The van der Waals surface area contributed by atoms with Crippen LogP contribution >= 0.6 is 0 Å². The molecule has 0 radical (unpaired) electrons. The first kappa shape index (κ1) is 12.7. The Morgan fingerprint density at radius 1 is 0.900 bits per heavy atom.